The van der Waals surface area contributed by atoms with Crippen LogP contribution in [0.1, 0.15) is 11.1 Å². The van der Waals surface area contributed by atoms with E-state index in [2.05, 4.69) is 20.9 Å². The fourth-order valence-corrected chi connectivity index (χ4v) is 4.07. The van der Waals surface area contributed by atoms with E-state index in [4.69, 9.17) is 9.90 Å². The lowest BCUT2D eigenvalue weighted by Crippen LogP contribution is -2.51. The number of carbonyl (C=O) groups excluding carboxylic acids is 1. The second kappa shape index (κ2) is 9.01. The van der Waals surface area contributed by atoms with Crippen molar-refractivity contribution in [3.05, 3.63) is 35.4 Å². The fourth-order valence-electron chi connectivity index (χ4n) is 2.57. The molecule has 2 aliphatic heterocycles. The maximum atomic E-state index is 12.9. The molecule has 1 atom stereocenters. The van der Waals surface area contributed by atoms with E-state index >= 15 is 0 Å². The Morgan fingerprint density at radius 2 is 1.66 bits per heavy atom. The minimum atomic E-state index is -5.08. The van der Waals surface area contributed by atoms with Crippen molar-refractivity contribution in [3.8, 4) is 0 Å². The fraction of sp³-hybridized carbons (Fsp3) is 0.500. The lowest BCUT2D eigenvalue weighted by atomic mass is 10.0. The number of hydrogen-bond acceptors (Lipinski definition) is 7. The molecule has 3 rings (SSSR count). The molecule has 1 amide bonds. The highest BCUT2D eigenvalue weighted by atomic mass is 32.2. The van der Waals surface area contributed by atoms with Gasteiger partial charge in [-0.15, -0.1) is 10.2 Å². The van der Waals surface area contributed by atoms with Crippen molar-refractivity contribution in [2.75, 3.05) is 18.8 Å². The summed E-state index contributed by atoms with van der Waals surface area (Å²) in [4.78, 5) is 20.9. The first-order chi connectivity index (χ1) is 14.6. The van der Waals surface area contributed by atoms with Crippen LogP contribution in [-0.4, -0.2) is 61.8 Å². The average molecular weight is 490 g/mol. The number of hydrogen-bond donors (Lipinski definition) is 3. The Hall–Kier alpha value is -2.75. The van der Waals surface area contributed by atoms with Crippen molar-refractivity contribution in [2.24, 2.45) is 10.2 Å². The number of rotatable bonds is 4. The zero-order valence-electron chi connectivity index (χ0n) is 15.9. The summed E-state index contributed by atoms with van der Waals surface area (Å²) in [5.41, 5.74) is -2.04. The highest BCUT2D eigenvalue weighted by Crippen LogP contribution is 2.52. The van der Waals surface area contributed by atoms with E-state index in [1.165, 1.54) is 24.3 Å². The summed E-state index contributed by atoms with van der Waals surface area (Å²) in [5.74, 6) is -3.49. The average Bonchev–Trinajstić information content (AvgIpc) is 3.48. The molecule has 0 spiro atoms. The van der Waals surface area contributed by atoms with Gasteiger partial charge in [0.05, 0.1) is 5.75 Å². The Labute approximate surface area is 176 Å². The second-order valence-corrected chi connectivity index (χ2v) is 8.95. The highest BCUT2D eigenvalue weighted by Gasteiger charge is 2.65. The van der Waals surface area contributed by atoms with E-state index < -0.39 is 45.0 Å². The molecule has 178 valence electrons. The lowest BCUT2D eigenvalue weighted by Gasteiger charge is -2.22. The number of carbonyl (C=O) groups is 2. The molecule has 0 aromatic heterocycles. The summed E-state index contributed by atoms with van der Waals surface area (Å²) < 4.78 is 94.2. The standard InChI is InChI=1S/C14H15F3N4O3S.C2HF3O2/c15-14(16,17)13(20-21-13)10-3-1-9(2-4-10)7-19-12(22)11-8-18-5-6-25(11,23)24;3-2(4,5)1(6)7/h1-4,11,18H,5-8H2,(H,19,22);(H,6,7). The summed E-state index contributed by atoms with van der Waals surface area (Å²) in [6.07, 6.45) is -9.68. The van der Waals surface area contributed by atoms with Crippen LogP contribution in [0.4, 0.5) is 26.3 Å². The third-order valence-corrected chi connectivity index (χ3v) is 6.40. The van der Waals surface area contributed by atoms with Gasteiger partial charge in [0.2, 0.25) is 5.91 Å². The number of carboxylic acid groups (broad SMARTS) is 1. The van der Waals surface area contributed by atoms with E-state index in [1.807, 2.05) is 0 Å². The quantitative estimate of drug-likeness (QED) is 0.547. The summed E-state index contributed by atoms with van der Waals surface area (Å²) in [6.45, 7) is 0.368. The maximum Gasteiger partial charge on any atom is 0.490 e. The summed E-state index contributed by atoms with van der Waals surface area (Å²) in [6, 6.07) is 5.32. The molecule has 0 saturated carbocycles. The van der Waals surface area contributed by atoms with Gasteiger partial charge in [-0.3, -0.25) is 4.79 Å². The largest absolute Gasteiger partial charge is 0.490 e. The van der Waals surface area contributed by atoms with E-state index in [1.54, 1.807) is 0 Å². The van der Waals surface area contributed by atoms with E-state index in [0.717, 1.165) is 0 Å². The van der Waals surface area contributed by atoms with Crippen molar-refractivity contribution < 1.29 is 49.5 Å². The Morgan fingerprint density at radius 3 is 2.06 bits per heavy atom. The van der Waals surface area contributed by atoms with Crippen molar-refractivity contribution in [3.63, 3.8) is 0 Å². The van der Waals surface area contributed by atoms with E-state index in [9.17, 15) is 39.6 Å². The SMILES string of the molecule is O=C(NCc1ccc(C2(C(F)(F)F)N=N2)cc1)C1CNCCS1(=O)=O.O=C(O)C(F)(F)F. The van der Waals surface area contributed by atoms with Gasteiger partial charge in [0.25, 0.3) is 0 Å². The van der Waals surface area contributed by atoms with Crippen LogP contribution >= 0.6 is 0 Å². The zero-order valence-corrected chi connectivity index (χ0v) is 16.7. The van der Waals surface area contributed by atoms with Crippen LogP contribution in [0.15, 0.2) is 34.5 Å². The normalized spacial score (nSPS) is 21.1. The van der Waals surface area contributed by atoms with Gasteiger partial charge in [0.15, 0.2) is 15.1 Å². The topological polar surface area (TPSA) is 137 Å². The minimum Gasteiger partial charge on any atom is -0.475 e. The lowest BCUT2D eigenvalue weighted by molar-refractivity contribution is -0.192. The smallest absolute Gasteiger partial charge is 0.475 e. The number of sulfone groups is 1. The van der Waals surface area contributed by atoms with E-state index in [0.29, 0.717) is 12.1 Å². The number of amides is 1. The third kappa shape index (κ3) is 5.93. The minimum absolute atomic E-state index is 0.0123. The first-order valence-electron chi connectivity index (χ1n) is 8.70. The van der Waals surface area contributed by atoms with Crippen LogP contribution in [0, 0.1) is 0 Å². The van der Waals surface area contributed by atoms with Gasteiger partial charge in [0, 0.05) is 25.2 Å². The van der Waals surface area contributed by atoms with Gasteiger partial charge < -0.3 is 15.7 Å². The molecule has 9 nitrogen and oxygen atoms in total. The molecule has 0 aliphatic carbocycles. The third-order valence-electron chi connectivity index (χ3n) is 4.38. The van der Waals surface area contributed by atoms with Crippen LogP contribution in [0.25, 0.3) is 0 Å². The van der Waals surface area contributed by atoms with Gasteiger partial charge in [-0.25, -0.2) is 13.2 Å². The molecule has 0 bridgehead atoms. The molecular formula is C16H16F6N4O5S. The molecule has 2 heterocycles. The number of aliphatic carboxylic acids is 1. The van der Waals surface area contributed by atoms with Crippen LogP contribution in [0.2, 0.25) is 0 Å². The molecule has 1 aromatic rings. The predicted octanol–water partition coefficient (Wildman–Crippen LogP) is 1.50. The molecule has 3 N–H and O–H groups in total. The second-order valence-electron chi connectivity index (χ2n) is 6.65. The van der Waals surface area contributed by atoms with Crippen molar-refractivity contribution in [1.29, 1.82) is 0 Å². The van der Waals surface area contributed by atoms with Gasteiger partial charge in [-0.05, 0) is 5.56 Å². The molecular weight excluding hydrogens is 474 g/mol. The Morgan fingerprint density at radius 1 is 1.12 bits per heavy atom. The Bertz CT molecular complexity index is 986. The Balaban J connectivity index is 0.000000451. The molecule has 1 aromatic carbocycles. The molecule has 2 aliphatic rings. The van der Waals surface area contributed by atoms with Gasteiger partial charge >= 0.3 is 24.0 Å². The predicted molar refractivity (Wildman–Crippen MR) is 95.0 cm³/mol. The van der Waals surface area contributed by atoms with Gasteiger partial charge in [0.1, 0.15) is 0 Å². The number of nitrogens with one attached hydrogen (secondary N) is 2. The van der Waals surface area contributed by atoms with Crippen molar-refractivity contribution >= 4 is 21.7 Å². The van der Waals surface area contributed by atoms with Crippen LogP contribution in [-0.2, 0) is 31.6 Å². The number of halogens is 6. The summed E-state index contributed by atoms with van der Waals surface area (Å²) in [7, 11) is -3.49. The summed E-state index contributed by atoms with van der Waals surface area (Å²) >= 11 is 0. The number of nitrogens with zero attached hydrogens (tertiary/aromatic N) is 2. The van der Waals surface area contributed by atoms with Crippen LogP contribution in [0.3, 0.4) is 0 Å². The molecule has 1 fully saturated rings. The first kappa shape index (κ1) is 25.5. The Kier molecular flexibility index (Phi) is 7.18. The molecule has 32 heavy (non-hydrogen) atoms. The first-order valence-corrected chi connectivity index (χ1v) is 10.4. The molecule has 16 heteroatoms. The van der Waals surface area contributed by atoms with Crippen LogP contribution in [0.5, 0.6) is 0 Å². The number of benzene rings is 1. The zero-order chi connectivity index (χ0) is 24.4. The monoisotopic (exact) mass is 490 g/mol. The maximum absolute atomic E-state index is 12.9. The number of carboxylic acids is 1. The van der Waals surface area contributed by atoms with Gasteiger partial charge in [-0.1, -0.05) is 24.3 Å². The van der Waals surface area contributed by atoms with Crippen LogP contribution < -0.4 is 10.6 Å². The van der Waals surface area contributed by atoms with Crippen molar-refractivity contribution in [2.45, 2.75) is 29.8 Å². The molecule has 1 saturated heterocycles. The number of alkyl halides is 6. The highest BCUT2D eigenvalue weighted by molar-refractivity contribution is 7.92. The van der Waals surface area contributed by atoms with E-state index in [-0.39, 0.29) is 24.4 Å². The van der Waals surface area contributed by atoms with Crippen molar-refractivity contribution in [1.82, 2.24) is 10.6 Å². The summed E-state index contributed by atoms with van der Waals surface area (Å²) in [5, 5.41) is 17.5. The molecule has 1 unspecified atom stereocenters. The van der Waals surface area contributed by atoms with Gasteiger partial charge in [-0.2, -0.15) is 26.3 Å². The molecule has 0 radical (unpaired) electrons.